The first-order valence-electron chi connectivity index (χ1n) is 9.86. The van der Waals surface area contributed by atoms with Crippen LogP contribution in [-0.4, -0.2) is 33.4 Å². The summed E-state index contributed by atoms with van der Waals surface area (Å²) in [6.45, 7) is 4.76. The molecule has 2 heterocycles. The SMILES string of the molecule is CC(CC#N)C1CN(C(=O)c2cnc(C3CC3)nc2Oc2ccccc2)C1C. The van der Waals surface area contributed by atoms with E-state index < -0.39 is 0 Å². The lowest BCUT2D eigenvalue weighted by Gasteiger charge is -2.48. The van der Waals surface area contributed by atoms with Gasteiger partial charge in [0.05, 0.1) is 6.07 Å². The van der Waals surface area contributed by atoms with Crippen molar-refractivity contribution in [3.63, 3.8) is 0 Å². The molecule has 0 N–H and O–H groups in total. The van der Waals surface area contributed by atoms with Crippen molar-refractivity contribution < 1.29 is 9.53 Å². The number of nitriles is 1. The van der Waals surface area contributed by atoms with E-state index >= 15 is 0 Å². The summed E-state index contributed by atoms with van der Waals surface area (Å²) in [4.78, 5) is 24.0. The molecule has 0 bridgehead atoms. The van der Waals surface area contributed by atoms with E-state index in [0.717, 1.165) is 18.7 Å². The van der Waals surface area contributed by atoms with E-state index in [1.165, 1.54) is 0 Å². The lowest BCUT2D eigenvalue weighted by molar-refractivity contribution is 0.00360. The van der Waals surface area contributed by atoms with Crippen molar-refractivity contribution in [3.05, 3.63) is 47.9 Å². The van der Waals surface area contributed by atoms with Gasteiger partial charge in [-0.2, -0.15) is 10.2 Å². The third kappa shape index (κ3) is 3.57. The number of amides is 1. The highest BCUT2D eigenvalue weighted by atomic mass is 16.5. The van der Waals surface area contributed by atoms with Gasteiger partial charge in [0.1, 0.15) is 17.1 Å². The highest BCUT2D eigenvalue weighted by Crippen LogP contribution is 2.40. The van der Waals surface area contributed by atoms with Crippen molar-refractivity contribution in [1.82, 2.24) is 14.9 Å². The molecule has 2 aromatic rings. The van der Waals surface area contributed by atoms with Gasteiger partial charge >= 0.3 is 0 Å². The highest BCUT2D eigenvalue weighted by molar-refractivity contribution is 5.97. The maximum atomic E-state index is 13.2. The number of para-hydroxylation sites is 1. The first-order chi connectivity index (χ1) is 13.6. The topological polar surface area (TPSA) is 79.1 Å². The maximum Gasteiger partial charge on any atom is 0.261 e. The van der Waals surface area contributed by atoms with E-state index in [9.17, 15) is 4.79 Å². The molecule has 1 aliphatic carbocycles. The molecule has 144 valence electrons. The van der Waals surface area contributed by atoms with Gasteiger partial charge in [-0.3, -0.25) is 4.79 Å². The number of carbonyl (C=O) groups excluding carboxylic acids is 1. The molecule has 2 aliphatic rings. The number of hydrogen-bond donors (Lipinski definition) is 0. The van der Waals surface area contributed by atoms with E-state index in [2.05, 4.69) is 23.0 Å². The Labute approximate surface area is 165 Å². The lowest BCUT2D eigenvalue weighted by atomic mass is 9.78. The third-order valence-electron chi connectivity index (χ3n) is 5.83. The summed E-state index contributed by atoms with van der Waals surface area (Å²) < 4.78 is 5.97. The second-order valence-electron chi connectivity index (χ2n) is 7.84. The lowest BCUT2D eigenvalue weighted by Crippen LogP contribution is -2.59. The van der Waals surface area contributed by atoms with Gasteiger partial charge in [0.25, 0.3) is 5.91 Å². The average molecular weight is 376 g/mol. The average Bonchev–Trinajstić information content (AvgIpc) is 3.53. The standard InChI is InChI=1S/C22H24N4O2/c1-14(10-11-23)19-13-26(15(19)2)22(27)18-12-24-20(16-8-9-16)25-21(18)28-17-6-4-3-5-7-17/h3-7,12,14-16,19H,8-10,13H2,1-2H3. The summed E-state index contributed by atoms with van der Waals surface area (Å²) in [6, 6.07) is 11.7. The number of ether oxygens (including phenoxy) is 1. The molecule has 1 aromatic heterocycles. The van der Waals surface area contributed by atoms with Crippen molar-refractivity contribution in [2.24, 2.45) is 11.8 Å². The number of hydrogen-bond acceptors (Lipinski definition) is 5. The predicted molar refractivity (Wildman–Crippen MR) is 104 cm³/mol. The number of benzene rings is 1. The van der Waals surface area contributed by atoms with Crippen LogP contribution in [0.5, 0.6) is 11.6 Å². The van der Waals surface area contributed by atoms with Gasteiger partial charge in [0.15, 0.2) is 0 Å². The van der Waals surface area contributed by atoms with Gasteiger partial charge in [-0.15, -0.1) is 0 Å². The summed E-state index contributed by atoms with van der Waals surface area (Å²) in [5.74, 6) is 2.61. The highest BCUT2D eigenvalue weighted by Gasteiger charge is 2.42. The second kappa shape index (κ2) is 7.59. The predicted octanol–water partition coefficient (Wildman–Crippen LogP) is 4.16. The molecule has 4 rings (SSSR count). The second-order valence-corrected chi connectivity index (χ2v) is 7.84. The minimum Gasteiger partial charge on any atom is -0.438 e. The summed E-state index contributed by atoms with van der Waals surface area (Å²) in [5.41, 5.74) is 0.395. The molecule has 1 aliphatic heterocycles. The molecule has 3 unspecified atom stereocenters. The summed E-state index contributed by atoms with van der Waals surface area (Å²) in [6.07, 6.45) is 4.29. The van der Waals surface area contributed by atoms with Crippen LogP contribution in [0.25, 0.3) is 0 Å². The molecule has 3 atom stereocenters. The summed E-state index contributed by atoms with van der Waals surface area (Å²) in [5, 5.41) is 8.93. The number of carbonyl (C=O) groups is 1. The zero-order chi connectivity index (χ0) is 19.7. The molecule has 0 radical (unpaired) electrons. The van der Waals surface area contributed by atoms with Crippen molar-refractivity contribution in [1.29, 1.82) is 5.26 Å². The fourth-order valence-corrected chi connectivity index (χ4v) is 3.75. The Morgan fingerprint density at radius 3 is 2.75 bits per heavy atom. The molecule has 1 aromatic carbocycles. The fourth-order valence-electron chi connectivity index (χ4n) is 3.75. The minimum absolute atomic E-state index is 0.0866. The number of nitrogens with zero attached hydrogens (tertiary/aromatic N) is 4. The van der Waals surface area contributed by atoms with Gasteiger partial charge < -0.3 is 9.64 Å². The van der Waals surface area contributed by atoms with E-state index in [0.29, 0.717) is 42.0 Å². The first-order valence-corrected chi connectivity index (χ1v) is 9.86. The van der Waals surface area contributed by atoms with Gasteiger partial charge in [0.2, 0.25) is 5.88 Å². The zero-order valence-electron chi connectivity index (χ0n) is 16.2. The normalized spacial score (nSPS) is 22.1. The van der Waals surface area contributed by atoms with Crippen LogP contribution in [0.1, 0.15) is 55.2 Å². The van der Waals surface area contributed by atoms with Crippen molar-refractivity contribution in [3.8, 4) is 17.7 Å². The number of aromatic nitrogens is 2. The van der Waals surface area contributed by atoms with E-state index in [4.69, 9.17) is 10.00 Å². The first kappa shape index (κ1) is 18.4. The number of likely N-dealkylation sites (tertiary alicyclic amines) is 1. The van der Waals surface area contributed by atoms with Crippen LogP contribution in [-0.2, 0) is 0 Å². The van der Waals surface area contributed by atoms with Crippen LogP contribution in [0.4, 0.5) is 0 Å². The minimum atomic E-state index is -0.110. The molecule has 1 amide bonds. The van der Waals surface area contributed by atoms with Crippen LogP contribution in [0.3, 0.4) is 0 Å². The largest absolute Gasteiger partial charge is 0.438 e. The molecule has 1 saturated heterocycles. The quantitative estimate of drug-likeness (QED) is 0.756. The zero-order valence-corrected chi connectivity index (χ0v) is 16.2. The van der Waals surface area contributed by atoms with Crippen LogP contribution >= 0.6 is 0 Å². The smallest absolute Gasteiger partial charge is 0.261 e. The van der Waals surface area contributed by atoms with E-state index in [1.54, 1.807) is 6.20 Å². The van der Waals surface area contributed by atoms with Gasteiger partial charge in [-0.05, 0) is 37.8 Å². The third-order valence-corrected chi connectivity index (χ3v) is 5.83. The van der Waals surface area contributed by atoms with Crippen LogP contribution in [0, 0.1) is 23.2 Å². The van der Waals surface area contributed by atoms with Crippen LogP contribution in [0.15, 0.2) is 36.5 Å². The molecular weight excluding hydrogens is 352 g/mol. The van der Waals surface area contributed by atoms with Crippen LogP contribution < -0.4 is 4.74 Å². The van der Waals surface area contributed by atoms with E-state index in [-0.39, 0.29) is 17.9 Å². The number of rotatable bonds is 6. The van der Waals surface area contributed by atoms with Crippen molar-refractivity contribution in [2.45, 2.75) is 45.1 Å². The van der Waals surface area contributed by atoms with Crippen LogP contribution in [0.2, 0.25) is 0 Å². The van der Waals surface area contributed by atoms with Gasteiger partial charge in [-0.25, -0.2) is 4.98 Å². The summed E-state index contributed by atoms with van der Waals surface area (Å²) in [7, 11) is 0. The Bertz CT molecular complexity index is 904. The molecule has 6 nitrogen and oxygen atoms in total. The van der Waals surface area contributed by atoms with Gasteiger partial charge in [0, 0.05) is 37.0 Å². The maximum absolute atomic E-state index is 13.2. The Balaban J connectivity index is 1.56. The molecule has 2 fully saturated rings. The van der Waals surface area contributed by atoms with Gasteiger partial charge in [-0.1, -0.05) is 25.1 Å². The fraction of sp³-hybridized carbons (Fsp3) is 0.455. The van der Waals surface area contributed by atoms with E-state index in [1.807, 2.05) is 42.2 Å². The molecule has 6 heteroatoms. The monoisotopic (exact) mass is 376 g/mol. The Morgan fingerprint density at radius 2 is 2.11 bits per heavy atom. The van der Waals surface area contributed by atoms with Crippen molar-refractivity contribution in [2.75, 3.05) is 6.54 Å². The Morgan fingerprint density at radius 1 is 1.36 bits per heavy atom. The molecular formula is C22H24N4O2. The Hall–Kier alpha value is -2.94. The molecule has 1 saturated carbocycles. The molecule has 28 heavy (non-hydrogen) atoms. The Kier molecular flexibility index (Phi) is 4.99. The summed E-state index contributed by atoms with van der Waals surface area (Å²) >= 11 is 0. The van der Waals surface area contributed by atoms with Crippen molar-refractivity contribution >= 4 is 5.91 Å². The molecule has 0 spiro atoms.